The van der Waals surface area contributed by atoms with Gasteiger partial charge in [-0.3, -0.25) is 0 Å². The molecular formula is C18H16BrN. The van der Waals surface area contributed by atoms with Gasteiger partial charge in [0.15, 0.2) is 0 Å². The van der Waals surface area contributed by atoms with E-state index in [1.807, 2.05) is 6.07 Å². The number of benzene rings is 2. The van der Waals surface area contributed by atoms with Gasteiger partial charge in [0.1, 0.15) is 0 Å². The molecule has 0 N–H and O–H groups in total. The molecule has 3 aromatic rings. The van der Waals surface area contributed by atoms with E-state index >= 15 is 0 Å². The summed E-state index contributed by atoms with van der Waals surface area (Å²) in [5.74, 6) is 0. The van der Waals surface area contributed by atoms with Crippen molar-refractivity contribution in [3.8, 4) is 16.9 Å². The molecule has 0 aliphatic carbocycles. The molecule has 20 heavy (non-hydrogen) atoms. The van der Waals surface area contributed by atoms with Crippen molar-refractivity contribution in [3.63, 3.8) is 0 Å². The van der Waals surface area contributed by atoms with Gasteiger partial charge in [0, 0.05) is 10.2 Å². The van der Waals surface area contributed by atoms with E-state index in [4.69, 9.17) is 0 Å². The summed E-state index contributed by atoms with van der Waals surface area (Å²) in [4.78, 5) is 0. The van der Waals surface area contributed by atoms with Gasteiger partial charge >= 0.3 is 0 Å². The Bertz CT molecular complexity index is 741. The first-order valence-corrected chi connectivity index (χ1v) is 7.46. The van der Waals surface area contributed by atoms with E-state index in [-0.39, 0.29) is 0 Å². The summed E-state index contributed by atoms with van der Waals surface area (Å²) >= 11 is 3.69. The molecule has 0 unspecified atom stereocenters. The highest BCUT2D eigenvalue weighted by atomic mass is 79.9. The van der Waals surface area contributed by atoms with Crippen LogP contribution in [0.5, 0.6) is 0 Å². The molecule has 1 aromatic heterocycles. The zero-order valence-electron chi connectivity index (χ0n) is 11.6. The molecule has 0 bridgehead atoms. The Morgan fingerprint density at radius 1 is 0.850 bits per heavy atom. The fourth-order valence-corrected chi connectivity index (χ4v) is 3.16. The number of nitrogens with zero attached hydrogens (tertiary/aromatic N) is 1. The third-order valence-corrected chi connectivity index (χ3v) is 4.12. The number of hydrogen-bond acceptors (Lipinski definition) is 0. The lowest BCUT2D eigenvalue weighted by Crippen LogP contribution is -2.00. The maximum atomic E-state index is 3.69. The Morgan fingerprint density at radius 2 is 1.60 bits per heavy atom. The Balaban J connectivity index is 2.22. The molecule has 0 atom stereocenters. The lowest BCUT2D eigenvalue weighted by atomic mass is 10.1. The molecular weight excluding hydrogens is 310 g/mol. The molecule has 0 saturated heterocycles. The second-order valence-corrected chi connectivity index (χ2v) is 5.87. The highest BCUT2D eigenvalue weighted by molar-refractivity contribution is 9.10. The lowest BCUT2D eigenvalue weighted by molar-refractivity contribution is 1.01. The van der Waals surface area contributed by atoms with Crippen molar-refractivity contribution in [1.29, 1.82) is 0 Å². The van der Waals surface area contributed by atoms with E-state index < -0.39 is 0 Å². The van der Waals surface area contributed by atoms with Gasteiger partial charge in [-0.15, -0.1) is 0 Å². The number of aromatic nitrogens is 1. The van der Waals surface area contributed by atoms with Gasteiger partial charge in [0.05, 0.1) is 11.4 Å². The van der Waals surface area contributed by atoms with Crippen LogP contribution in [0.3, 0.4) is 0 Å². The highest BCUT2D eigenvalue weighted by Crippen LogP contribution is 2.30. The van der Waals surface area contributed by atoms with E-state index in [2.05, 4.69) is 88.9 Å². The Kier molecular flexibility index (Phi) is 3.49. The molecule has 0 radical (unpaired) electrons. The maximum Gasteiger partial charge on any atom is 0.0600 e. The zero-order chi connectivity index (χ0) is 14.1. The van der Waals surface area contributed by atoms with Crippen molar-refractivity contribution in [2.75, 3.05) is 0 Å². The molecule has 3 rings (SSSR count). The SMILES string of the molecule is Cc1ccc(-n2c(C)ccc2-c2ccccc2)c(Br)c1. The van der Waals surface area contributed by atoms with E-state index in [9.17, 15) is 0 Å². The van der Waals surface area contributed by atoms with Crippen LogP contribution in [0, 0.1) is 13.8 Å². The number of rotatable bonds is 2. The Labute approximate surface area is 128 Å². The van der Waals surface area contributed by atoms with Crippen LogP contribution in [-0.4, -0.2) is 4.57 Å². The second-order valence-electron chi connectivity index (χ2n) is 5.02. The van der Waals surface area contributed by atoms with Crippen molar-refractivity contribution >= 4 is 15.9 Å². The van der Waals surface area contributed by atoms with E-state index in [1.165, 1.54) is 28.2 Å². The Hall–Kier alpha value is -1.80. The summed E-state index contributed by atoms with van der Waals surface area (Å²) in [6.07, 6.45) is 0. The van der Waals surface area contributed by atoms with Gasteiger partial charge in [0.2, 0.25) is 0 Å². The van der Waals surface area contributed by atoms with Crippen LogP contribution in [-0.2, 0) is 0 Å². The first-order valence-electron chi connectivity index (χ1n) is 6.67. The van der Waals surface area contributed by atoms with Crippen LogP contribution in [0.2, 0.25) is 0 Å². The normalized spacial score (nSPS) is 10.8. The Morgan fingerprint density at radius 3 is 2.30 bits per heavy atom. The molecule has 2 aromatic carbocycles. The average Bonchev–Trinajstić information content (AvgIpc) is 2.82. The minimum absolute atomic E-state index is 1.12. The van der Waals surface area contributed by atoms with Crippen LogP contribution >= 0.6 is 15.9 Å². The van der Waals surface area contributed by atoms with Gasteiger partial charge < -0.3 is 4.57 Å². The van der Waals surface area contributed by atoms with E-state index in [1.54, 1.807) is 0 Å². The fraction of sp³-hybridized carbons (Fsp3) is 0.111. The molecule has 0 fully saturated rings. The van der Waals surface area contributed by atoms with Crippen molar-refractivity contribution < 1.29 is 0 Å². The molecule has 0 saturated carbocycles. The average molecular weight is 326 g/mol. The molecule has 0 amide bonds. The summed E-state index contributed by atoms with van der Waals surface area (Å²) in [6, 6.07) is 21.3. The fourth-order valence-electron chi connectivity index (χ4n) is 2.49. The quantitative estimate of drug-likeness (QED) is 0.584. The molecule has 0 aliphatic heterocycles. The number of aryl methyl sites for hydroxylation is 2. The van der Waals surface area contributed by atoms with Crippen LogP contribution in [0.25, 0.3) is 16.9 Å². The molecule has 0 spiro atoms. The summed E-state index contributed by atoms with van der Waals surface area (Å²) in [5, 5.41) is 0. The predicted molar refractivity (Wildman–Crippen MR) is 88.4 cm³/mol. The maximum absolute atomic E-state index is 3.69. The molecule has 2 heteroatoms. The van der Waals surface area contributed by atoms with Crippen molar-refractivity contribution in [2.45, 2.75) is 13.8 Å². The predicted octanol–water partition coefficient (Wildman–Crippen LogP) is 5.52. The van der Waals surface area contributed by atoms with Gasteiger partial charge in [-0.05, 0) is 65.2 Å². The van der Waals surface area contributed by atoms with E-state index in [0.717, 1.165) is 4.47 Å². The smallest absolute Gasteiger partial charge is 0.0600 e. The molecule has 0 aliphatic rings. The molecule has 100 valence electrons. The van der Waals surface area contributed by atoms with Crippen LogP contribution in [0.4, 0.5) is 0 Å². The monoisotopic (exact) mass is 325 g/mol. The van der Waals surface area contributed by atoms with Crippen molar-refractivity contribution in [1.82, 2.24) is 4.57 Å². The zero-order valence-corrected chi connectivity index (χ0v) is 13.2. The summed E-state index contributed by atoms with van der Waals surface area (Å²) in [7, 11) is 0. The van der Waals surface area contributed by atoms with Crippen LogP contribution < -0.4 is 0 Å². The van der Waals surface area contributed by atoms with Gasteiger partial charge in [-0.2, -0.15) is 0 Å². The minimum Gasteiger partial charge on any atom is -0.313 e. The van der Waals surface area contributed by atoms with Crippen LogP contribution in [0.1, 0.15) is 11.3 Å². The minimum atomic E-state index is 1.12. The molecule has 1 heterocycles. The standard InChI is InChI=1S/C18H16BrN/c1-13-8-10-18(16(19)12-13)20-14(2)9-11-17(20)15-6-4-3-5-7-15/h3-12H,1-2H3. The van der Waals surface area contributed by atoms with Gasteiger partial charge in [-0.25, -0.2) is 0 Å². The first-order chi connectivity index (χ1) is 9.66. The van der Waals surface area contributed by atoms with E-state index in [0.29, 0.717) is 0 Å². The molecule has 1 nitrogen and oxygen atoms in total. The number of halogens is 1. The number of hydrogen-bond donors (Lipinski definition) is 0. The van der Waals surface area contributed by atoms with Gasteiger partial charge in [-0.1, -0.05) is 36.4 Å². The van der Waals surface area contributed by atoms with Crippen molar-refractivity contribution in [3.05, 3.63) is 76.4 Å². The summed E-state index contributed by atoms with van der Waals surface area (Å²) in [5.41, 5.74) is 6.11. The third kappa shape index (κ3) is 2.32. The second kappa shape index (κ2) is 5.29. The largest absolute Gasteiger partial charge is 0.313 e. The van der Waals surface area contributed by atoms with Gasteiger partial charge in [0.25, 0.3) is 0 Å². The van der Waals surface area contributed by atoms with Crippen LogP contribution in [0.15, 0.2) is 65.1 Å². The first kappa shape index (κ1) is 13.2. The third-order valence-electron chi connectivity index (χ3n) is 3.49. The summed E-state index contributed by atoms with van der Waals surface area (Å²) < 4.78 is 3.41. The topological polar surface area (TPSA) is 4.93 Å². The highest BCUT2D eigenvalue weighted by Gasteiger charge is 2.11. The van der Waals surface area contributed by atoms with Crippen molar-refractivity contribution in [2.24, 2.45) is 0 Å². The lowest BCUT2D eigenvalue weighted by Gasteiger charge is -2.14. The summed E-state index contributed by atoms with van der Waals surface area (Å²) in [6.45, 7) is 4.24.